The van der Waals surface area contributed by atoms with Crippen LogP contribution in [0.3, 0.4) is 0 Å². The number of carbonyl (C=O) groups excluding carboxylic acids is 2. The molecule has 0 spiro atoms. The van der Waals surface area contributed by atoms with Gasteiger partial charge < -0.3 is 16.4 Å². The number of likely N-dealkylation sites (N-methyl/N-ethyl adjacent to an activating group) is 1. The summed E-state index contributed by atoms with van der Waals surface area (Å²) in [5.41, 5.74) is 13.2. The maximum Gasteiger partial charge on any atom is 0.243 e. The third-order valence-electron chi connectivity index (χ3n) is 9.24. The average molecular weight is 722 g/mol. The topological polar surface area (TPSA) is 84.2 Å². The van der Waals surface area contributed by atoms with Crippen molar-refractivity contribution in [2.24, 2.45) is 5.73 Å². The molecule has 0 aromatic heterocycles. The highest BCUT2D eigenvalue weighted by Crippen LogP contribution is 2.50. The zero-order valence-corrected chi connectivity index (χ0v) is 30.7. The molecule has 0 bridgehead atoms. The molecule has 2 atom stereocenters. The minimum absolute atomic E-state index is 0.281. The van der Waals surface area contributed by atoms with Crippen molar-refractivity contribution in [2.45, 2.75) is 21.6 Å². The molecule has 6 aromatic carbocycles. The fraction of sp³-hybridized carbons (Fsp3) is 0.156. The average Bonchev–Trinajstić information content (AvgIpc) is 3.22. The van der Waals surface area contributed by atoms with Gasteiger partial charge in [0.15, 0.2) is 0 Å². The molecular weight excluding hydrogens is 679 g/mol. The lowest BCUT2D eigenvalue weighted by Crippen LogP contribution is -2.53. The summed E-state index contributed by atoms with van der Waals surface area (Å²) in [6.07, 6.45) is 0. The van der Waals surface area contributed by atoms with Crippen molar-refractivity contribution in [3.8, 4) is 0 Å². The lowest BCUT2D eigenvalue weighted by molar-refractivity contribution is -0.128. The monoisotopic (exact) mass is 721 g/mol. The van der Waals surface area contributed by atoms with Gasteiger partial charge in [0.1, 0.15) is 6.04 Å². The van der Waals surface area contributed by atoms with E-state index in [0.29, 0.717) is 11.5 Å². The minimum atomic E-state index is -0.889. The summed E-state index contributed by atoms with van der Waals surface area (Å²) < 4.78 is -1.28. The fourth-order valence-electron chi connectivity index (χ4n) is 6.67. The summed E-state index contributed by atoms with van der Waals surface area (Å²) in [6, 6.07) is 60.2. The fourth-order valence-corrected chi connectivity index (χ4v) is 9.72. The summed E-state index contributed by atoms with van der Waals surface area (Å²) in [7, 11) is 1.59. The lowest BCUT2D eigenvalue weighted by atomic mass is 9.84. The van der Waals surface area contributed by atoms with Crippen LogP contribution in [0.2, 0.25) is 0 Å². The van der Waals surface area contributed by atoms with Crippen molar-refractivity contribution in [1.29, 1.82) is 0 Å². The normalized spacial score (nSPS) is 12.7. The molecule has 6 rings (SSSR count). The van der Waals surface area contributed by atoms with Gasteiger partial charge in [0, 0.05) is 18.6 Å². The zero-order valence-electron chi connectivity index (χ0n) is 29.1. The molecule has 0 radical (unpaired) electrons. The number of nitrogens with one attached hydrogen (secondary N) is 2. The first kappa shape index (κ1) is 36.7. The Kier molecular flexibility index (Phi) is 12.3. The highest BCUT2D eigenvalue weighted by molar-refractivity contribution is 8.01. The molecule has 6 aromatic rings. The Morgan fingerprint density at radius 1 is 0.481 bits per heavy atom. The Morgan fingerprint density at radius 3 is 1.02 bits per heavy atom. The number of nitrogens with two attached hydrogens (primary N) is 1. The number of hydrogen-bond donors (Lipinski definition) is 3. The van der Waals surface area contributed by atoms with E-state index in [0.717, 1.165) is 33.4 Å². The maximum atomic E-state index is 14.0. The Bertz CT molecular complexity index is 1810. The number of thioether (sulfide) groups is 2. The van der Waals surface area contributed by atoms with Gasteiger partial charge in [0.25, 0.3) is 0 Å². The van der Waals surface area contributed by atoms with Crippen molar-refractivity contribution >= 4 is 35.3 Å². The van der Waals surface area contributed by atoms with Gasteiger partial charge in [0.2, 0.25) is 11.8 Å². The molecule has 0 unspecified atom stereocenters. The van der Waals surface area contributed by atoms with E-state index in [9.17, 15) is 9.59 Å². The van der Waals surface area contributed by atoms with Gasteiger partial charge >= 0.3 is 0 Å². The standard InChI is InChI=1S/C45H43N3O2S2/c1-47-43(50)41(33-52-45(37-26-14-5-15-27-37,38-28-16-6-17-29-38)39-30-18-7-19-31-39)48-42(49)40(46)32-51-44(34-20-8-2-9-21-34,35-22-10-3-11-23-35)36-24-12-4-13-25-36/h2-31,40-41H,32-33,46H2,1H3,(H,47,50)(H,48,49)/t40-,41-/m0/s1. The third-order valence-corrected chi connectivity index (χ3v) is 12.5. The largest absolute Gasteiger partial charge is 0.357 e. The lowest BCUT2D eigenvalue weighted by Gasteiger charge is -2.37. The van der Waals surface area contributed by atoms with Crippen molar-refractivity contribution in [1.82, 2.24) is 10.6 Å². The molecule has 0 aliphatic heterocycles. The van der Waals surface area contributed by atoms with Crippen LogP contribution >= 0.6 is 23.5 Å². The quantitative estimate of drug-likeness (QED) is 0.0937. The summed E-state index contributed by atoms with van der Waals surface area (Å²) in [5.74, 6) is -0.0583. The van der Waals surface area contributed by atoms with Crippen LogP contribution in [0.5, 0.6) is 0 Å². The van der Waals surface area contributed by atoms with E-state index >= 15 is 0 Å². The molecule has 0 heterocycles. The number of carbonyl (C=O) groups is 2. The summed E-state index contributed by atoms with van der Waals surface area (Å²) in [6.45, 7) is 0. The van der Waals surface area contributed by atoms with Gasteiger partial charge in [0.05, 0.1) is 15.5 Å². The number of benzene rings is 6. The molecule has 52 heavy (non-hydrogen) atoms. The van der Waals surface area contributed by atoms with Crippen LogP contribution < -0.4 is 16.4 Å². The number of hydrogen-bond acceptors (Lipinski definition) is 5. The third kappa shape index (κ3) is 7.87. The molecule has 0 fully saturated rings. The Labute approximate surface area is 315 Å². The van der Waals surface area contributed by atoms with E-state index in [1.54, 1.807) is 30.6 Å². The molecule has 0 saturated heterocycles. The molecule has 7 heteroatoms. The molecule has 0 aliphatic rings. The predicted octanol–water partition coefficient (Wildman–Crippen LogP) is 8.00. The van der Waals surface area contributed by atoms with E-state index in [1.807, 2.05) is 109 Å². The van der Waals surface area contributed by atoms with Gasteiger partial charge in [-0.15, -0.1) is 23.5 Å². The molecular formula is C45H43N3O2S2. The van der Waals surface area contributed by atoms with Gasteiger partial charge in [-0.1, -0.05) is 182 Å². The van der Waals surface area contributed by atoms with Gasteiger partial charge in [-0.05, 0) is 33.4 Å². The highest BCUT2D eigenvalue weighted by atomic mass is 32.2. The minimum Gasteiger partial charge on any atom is -0.357 e. The van der Waals surface area contributed by atoms with Crippen LogP contribution in [0, 0.1) is 0 Å². The molecule has 5 nitrogen and oxygen atoms in total. The zero-order chi connectivity index (χ0) is 36.2. The number of amides is 2. The second kappa shape index (κ2) is 17.4. The Balaban J connectivity index is 1.29. The van der Waals surface area contributed by atoms with Crippen LogP contribution in [-0.4, -0.2) is 42.5 Å². The molecule has 2 amide bonds. The SMILES string of the molecule is CNC(=O)[C@H](CSC(c1ccccc1)(c1ccccc1)c1ccccc1)NC(=O)[C@@H](N)CSC(c1ccccc1)(c1ccccc1)c1ccccc1. The van der Waals surface area contributed by atoms with Crippen LogP contribution in [0.15, 0.2) is 182 Å². The molecule has 262 valence electrons. The molecule has 0 saturated carbocycles. The van der Waals surface area contributed by atoms with E-state index in [1.165, 1.54) is 0 Å². The van der Waals surface area contributed by atoms with Gasteiger partial charge in [-0.25, -0.2) is 0 Å². The van der Waals surface area contributed by atoms with Crippen LogP contribution in [0.1, 0.15) is 33.4 Å². The molecule has 4 N–H and O–H groups in total. The van der Waals surface area contributed by atoms with E-state index in [4.69, 9.17) is 5.73 Å². The Hall–Kier alpha value is -5.08. The van der Waals surface area contributed by atoms with Crippen molar-refractivity contribution in [3.63, 3.8) is 0 Å². The van der Waals surface area contributed by atoms with E-state index < -0.39 is 21.6 Å². The smallest absolute Gasteiger partial charge is 0.243 e. The summed E-state index contributed by atoms with van der Waals surface area (Å²) in [5, 5.41) is 5.81. The van der Waals surface area contributed by atoms with Crippen molar-refractivity contribution in [3.05, 3.63) is 215 Å². The van der Waals surface area contributed by atoms with E-state index in [-0.39, 0.29) is 11.8 Å². The van der Waals surface area contributed by atoms with Gasteiger partial charge in [-0.3, -0.25) is 9.59 Å². The second-order valence-electron chi connectivity index (χ2n) is 12.5. The molecule has 0 aliphatic carbocycles. The predicted molar refractivity (Wildman–Crippen MR) is 217 cm³/mol. The van der Waals surface area contributed by atoms with Crippen molar-refractivity contribution < 1.29 is 9.59 Å². The summed E-state index contributed by atoms with van der Waals surface area (Å²) in [4.78, 5) is 27.5. The second-order valence-corrected chi connectivity index (χ2v) is 14.9. The van der Waals surface area contributed by atoms with Gasteiger partial charge in [-0.2, -0.15) is 0 Å². The van der Waals surface area contributed by atoms with Crippen molar-refractivity contribution in [2.75, 3.05) is 18.6 Å². The van der Waals surface area contributed by atoms with Crippen LogP contribution in [0.4, 0.5) is 0 Å². The number of rotatable bonds is 15. The first-order chi connectivity index (χ1) is 25.5. The highest BCUT2D eigenvalue weighted by Gasteiger charge is 2.40. The first-order valence-corrected chi connectivity index (χ1v) is 19.3. The Morgan fingerprint density at radius 2 is 0.750 bits per heavy atom. The van der Waals surface area contributed by atoms with Crippen LogP contribution in [0.25, 0.3) is 0 Å². The first-order valence-electron chi connectivity index (χ1n) is 17.4. The van der Waals surface area contributed by atoms with E-state index in [2.05, 4.69) is 83.4 Å². The van der Waals surface area contributed by atoms with Crippen LogP contribution in [-0.2, 0) is 19.1 Å². The maximum absolute atomic E-state index is 14.0. The summed E-state index contributed by atoms with van der Waals surface area (Å²) >= 11 is 3.25.